The Morgan fingerprint density at radius 2 is 1.75 bits per heavy atom. The summed E-state index contributed by atoms with van der Waals surface area (Å²) in [6.07, 6.45) is 3.41. The maximum atomic E-state index is 13.0. The Labute approximate surface area is 188 Å². The van der Waals surface area contributed by atoms with E-state index in [2.05, 4.69) is 5.32 Å². The molecule has 0 aliphatic rings. The van der Waals surface area contributed by atoms with E-state index in [4.69, 9.17) is 9.47 Å². The third-order valence-electron chi connectivity index (χ3n) is 4.70. The van der Waals surface area contributed by atoms with Crippen molar-refractivity contribution in [2.75, 3.05) is 6.61 Å². The highest BCUT2D eigenvalue weighted by molar-refractivity contribution is 6.11. The molecule has 32 heavy (non-hydrogen) atoms. The maximum Gasteiger partial charge on any atom is 0.419 e. The van der Waals surface area contributed by atoms with Gasteiger partial charge in [-0.25, -0.2) is 4.79 Å². The van der Waals surface area contributed by atoms with Gasteiger partial charge in [-0.1, -0.05) is 38.0 Å². The number of imide groups is 1. The zero-order valence-electron chi connectivity index (χ0n) is 19.4. The number of para-hydroxylation sites is 1. The number of ether oxygens (including phenoxy) is 2. The number of unbranched alkanes of at least 4 members (excludes halogenated alkanes) is 2. The van der Waals surface area contributed by atoms with Gasteiger partial charge in [0.25, 0.3) is 0 Å². The van der Waals surface area contributed by atoms with Crippen LogP contribution in [-0.4, -0.2) is 40.7 Å². The van der Waals surface area contributed by atoms with Crippen molar-refractivity contribution in [3.63, 3.8) is 0 Å². The monoisotopic (exact) mass is 444 g/mol. The third-order valence-corrected chi connectivity index (χ3v) is 4.70. The molecule has 0 radical (unpaired) electrons. The van der Waals surface area contributed by atoms with Crippen molar-refractivity contribution in [1.29, 1.82) is 0 Å². The summed E-state index contributed by atoms with van der Waals surface area (Å²) < 4.78 is 11.9. The Hall–Kier alpha value is -3.16. The van der Waals surface area contributed by atoms with E-state index in [9.17, 15) is 19.2 Å². The molecule has 1 unspecified atom stereocenters. The molecule has 0 bridgehead atoms. The van der Waals surface area contributed by atoms with Crippen LogP contribution in [0.1, 0.15) is 71.8 Å². The summed E-state index contributed by atoms with van der Waals surface area (Å²) in [5.74, 6) is -3.43. The zero-order valence-corrected chi connectivity index (χ0v) is 19.4. The molecular formula is C24H32N2O6. The van der Waals surface area contributed by atoms with Crippen LogP contribution in [0.2, 0.25) is 0 Å². The van der Waals surface area contributed by atoms with Crippen molar-refractivity contribution in [2.45, 2.75) is 71.8 Å². The third kappa shape index (κ3) is 6.42. The van der Waals surface area contributed by atoms with Crippen molar-refractivity contribution < 1.29 is 28.7 Å². The minimum Gasteiger partial charge on any atom is -0.465 e. The fourth-order valence-corrected chi connectivity index (χ4v) is 3.31. The molecule has 2 aromatic rings. The van der Waals surface area contributed by atoms with E-state index >= 15 is 0 Å². The van der Waals surface area contributed by atoms with Crippen LogP contribution >= 0.6 is 0 Å². The minimum atomic E-state index is -1.40. The van der Waals surface area contributed by atoms with Crippen LogP contribution in [0.4, 0.5) is 4.79 Å². The number of hydrogen-bond donors (Lipinski definition) is 1. The molecule has 2 amide bonds. The molecule has 1 N–H and O–H groups in total. The van der Waals surface area contributed by atoms with Gasteiger partial charge >= 0.3 is 12.1 Å². The van der Waals surface area contributed by atoms with Crippen LogP contribution in [0.3, 0.4) is 0 Å². The van der Waals surface area contributed by atoms with Gasteiger partial charge in [-0.3, -0.25) is 24.3 Å². The molecule has 1 atom stereocenters. The number of rotatable bonds is 8. The second-order valence-electron chi connectivity index (χ2n) is 8.51. The normalized spacial score (nSPS) is 12.3. The average molecular weight is 445 g/mol. The first-order chi connectivity index (χ1) is 15.1. The van der Waals surface area contributed by atoms with Gasteiger partial charge in [0.2, 0.25) is 11.8 Å². The van der Waals surface area contributed by atoms with Crippen molar-refractivity contribution >= 4 is 34.8 Å². The molecule has 8 nitrogen and oxygen atoms in total. The number of amides is 2. The summed E-state index contributed by atoms with van der Waals surface area (Å²) in [4.78, 5) is 50.7. The van der Waals surface area contributed by atoms with E-state index < -0.39 is 35.4 Å². The molecule has 1 aromatic heterocycles. The molecule has 1 heterocycles. The fourth-order valence-electron chi connectivity index (χ4n) is 3.31. The molecule has 0 saturated carbocycles. The number of nitrogens with zero attached hydrogens (tertiary/aromatic N) is 1. The molecule has 174 valence electrons. The minimum absolute atomic E-state index is 0.0672. The Bertz CT molecular complexity index is 986. The standard InChI is InChI=1S/C24H32N2O6/c1-6-8-9-14-19(27)25-21(28)20(22(29)31-7-2)17-15-26(23(30)32-24(3,4)5)18-13-11-10-12-16(17)18/h10-13,15,20H,6-9,14H2,1-5H3,(H,25,27,28). The lowest BCUT2D eigenvalue weighted by atomic mass is 9.97. The van der Waals surface area contributed by atoms with E-state index in [1.807, 2.05) is 6.92 Å². The van der Waals surface area contributed by atoms with Gasteiger partial charge in [0.05, 0.1) is 12.1 Å². The number of benzene rings is 1. The highest BCUT2D eigenvalue weighted by Gasteiger charge is 2.34. The van der Waals surface area contributed by atoms with E-state index in [1.54, 1.807) is 52.0 Å². The quantitative estimate of drug-likeness (QED) is 0.370. The lowest BCUT2D eigenvalue weighted by Crippen LogP contribution is -2.38. The Balaban J connectivity index is 2.46. The topological polar surface area (TPSA) is 104 Å². The maximum absolute atomic E-state index is 13.0. The number of hydrogen-bond acceptors (Lipinski definition) is 6. The second kappa shape index (κ2) is 10.9. The van der Waals surface area contributed by atoms with Crippen LogP contribution in [0.15, 0.2) is 30.5 Å². The lowest BCUT2D eigenvalue weighted by Gasteiger charge is -2.19. The van der Waals surface area contributed by atoms with E-state index in [0.717, 1.165) is 12.8 Å². The van der Waals surface area contributed by atoms with Crippen molar-refractivity contribution in [1.82, 2.24) is 9.88 Å². The number of aromatic nitrogens is 1. The molecule has 0 saturated heterocycles. The molecular weight excluding hydrogens is 412 g/mol. The SMILES string of the molecule is CCCCCC(=O)NC(=O)C(C(=O)OCC)c1cn(C(=O)OC(C)(C)C)c2ccccc12. The van der Waals surface area contributed by atoms with Crippen molar-refractivity contribution in [3.05, 3.63) is 36.0 Å². The molecule has 0 spiro atoms. The number of esters is 1. The summed E-state index contributed by atoms with van der Waals surface area (Å²) in [7, 11) is 0. The van der Waals surface area contributed by atoms with Gasteiger partial charge < -0.3 is 9.47 Å². The molecule has 1 aromatic carbocycles. The average Bonchev–Trinajstić information content (AvgIpc) is 3.07. The summed E-state index contributed by atoms with van der Waals surface area (Å²) in [5.41, 5.74) is 0.0164. The molecule has 8 heteroatoms. The highest BCUT2D eigenvalue weighted by Crippen LogP contribution is 2.30. The molecule has 0 aliphatic heterocycles. The van der Waals surface area contributed by atoms with E-state index in [-0.39, 0.29) is 18.6 Å². The first kappa shape index (κ1) is 25.1. The van der Waals surface area contributed by atoms with Crippen molar-refractivity contribution in [2.24, 2.45) is 0 Å². The smallest absolute Gasteiger partial charge is 0.419 e. The van der Waals surface area contributed by atoms with Crippen molar-refractivity contribution in [3.8, 4) is 0 Å². The number of fused-ring (bicyclic) bond motifs is 1. The van der Waals surface area contributed by atoms with Gasteiger partial charge in [-0.2, -0.15) is 0 Å². The van der Waals surface area contributed by atoms with Crippen LogP contribution in [0.25, 0.3) is 10.9 Å². The van der Waals surface area contributed by atoms with Crippen LogP contribution in [-0.2, 0) is 23.9 Å². The zero-order chi connectivity index (χ0) is 23.9. The highest BCUT2D eigenvalue weighted by atomic mass is 16.6. The number of carbonyl (C=O) groups is 4. The summed E-state index contributed by atoms with van der Waals surface area (Å²) >= 11 is 0. The fraction of sp³-hybridized carbons (Fsp3) is 0.500. The Morgan fingerprint density at radius 1 is 1.06 bits per heavy atom. The van der Waals surface area contributed by atoms with Gasteiger partial charge in [0, 0.05) is 23.6 Å². The van der Waals surface area contributed by atoms with Crippen LogP contribution in [0.5, 0.6) is 0 Å². The Kier molecular flexibility index (Phi) is 8.57. The van der Waals surface area contributed by atoms with Gasteiger partial charge in [-0.05, 0) is 40.2 Å². The first-order valence-electron chi connectivity index (χ1n) is 10.9. The predicted octanol–water partition coefficient (Wildman–Crippen LogP) is 4.29. The second-order valence-corrected chi connectivity index (χ2v) is 8.51. The number of nitrogens with one attached hydrogen (secondary N) is 1. The summed E-state index contributed by atoms with van der Waals surface area (Å²) in [5, 5.41) is 2.83. The van der Waals surface area contributed by atoms with Crippen LogP contribution < -0.4 is 5.32 Å². The summed E-state index contributed by atoms with van der Waals surface area (Å²) in [6.45, 7) is 8.95. The first-order valence-corrected chi connectivity index (χ1v) is 10.9. The van der Waals surface area contributed by atoms with E-state index in [0.29, 0.717) is 17.3 Å². The summed E-state index contributed by atoms with van der Waals surface area (Å²) in [6, 6.07) is 6.87. The van der Waals surface area contributed by atoms with Gasteiger partial charge in [0.15, 0.2) is 5.92 Å². The largest absolute Gasteiger partial charge is 0.465 e. The molecule has 0 aliphatic carbocycles. The lowest BCUT2D eigenvalue weighted by molar-refractivity contribution is -0.148. The van der Waals surface area contributed by atoms with Gasteiger partial charge in [-0.15, -0.1) is 0 Å². The van der Waals surface area contributed by atoms with E-state index in [1.165, 1.54) is 10.8 Å². The predicted molar refractivity (Wildman–Crippen MR) is 120 cm³/mol. The molecule has 0 fully saturated rings. The van der Waals surface area contributed by atoms with Crippen LogP contribution in [0, 0.1) is 0 Å². The molecule has 2 rings (SSSR count). The number of carbonyl (C=O) groups excluding carboxylic acids is 4. The Morgan fingerprint density at radius 3 is 2.38 bits per heavy atom. The van der Waals surface area contributed by atoms with Gasteiger partial charge in [0.1, 0.15) is 5.60 Å².